The quantitative estimate of drug-likeness (QED) is 0.490. The van der Waals surface area contributed by atoms with Crippen LogP contribution in [0.3, 0.4) is 0 Å². The third-order valence-electron chi connectivity index (χ3n) is 6.95. The minimum absolute atomic E-state index is 0.0223. The first-order valence-electron chi connectivity index (χ1n) is 10.7. The molecule has 5 heterocycles. The molecule has 2 aliphatic rings. The fraction of sp³-hybridized carbons (Fsp3) is 0.409. The van der Waals surface area contributed by atoms with Gasteiger partial charge in [-0.1, -0.05) is 0 Å². The number of carbonyl (C=O) groups is 1. The molecule has 0 saturated carbocycles. The van der Waals surface area contributed by atoms with Crippen molar-refractivity contribution in [2.75, 3.05) is 0 Å². The standard InChI is InChI=1S/C22H21F2N7O/c1-29-17-6-2-12(8-13(17)10-26-29)21(32)30-14-3-5-15(18(30)7-4-14)19-9-16(20(23)24)28-22-25-11-27-31(19)22/h2,6,8-11,14-15,18,20H,3-5,7H2,1H3/t14-,15-,18-/m0/s1. The number of aromatic nitrogens is 6. The molecule has 0 spiro atoms. The van der Waals surface area contributed by atoms with E-state index in [1.807, 2.05) is 30.1 Å². The Morgan fingerprint density at radius 1 is 1.12 bits per heavy atom. The molecule has 8 nitrogen and oxygen atoms in total. The van der Waals surface area contributed by atoms with Gasteiger partial charge in [-0.25, -0.2) is 18.3 Å². The summed E-state index contributed by atoms with van der Waals surface area (Å²) >= 11 is 0. The van der Waals surface area contributed by atoms with E-state index >= 15 is 0 Å². The van der Waals surface area contributed by atoms with Crippen LogP contribution in [0.5, 0.6) is 0 Å². The number of nitrogens with zero attached hydrogens (tertiary/aromatic N) is 7. The summed E-state index contributed by atoms with van der Waals surface area (Å²) in [4.78, 5) is 23.5. The average molecular weight is 437 g/mol. The Labute approximate surface area is 181 Å². The maximum atomic E-state index is 13.6. The molecule has 3 aromatic heterocycles. The highest BCUT2D eigenvalue weighted by atomic mass is 19.3. The SMILES string of the molecule is Cn1ncc2cc(C(=O)N3[C@H]4CC[C@H](c5cc(C(F)F)nc6ncnn56)[C@@H]3CC4)ccc21. The Hall–Kier alpha value is -3.43. The molecular formula is C22H21F2N7O. The summed E-state index contributed by atoms with van der Waals surface area (Å²) < 4.78 is 30.3. The zero-order chi connectivity index (χ0) is 22.0. The molecule has 164 valence electrons. The molecule has 32 heavy (non-hydrogen) atoms. The van der Waals surface area contributed by atoms with Crippen LogP contribution in [-0.2, 0) is 7.05 Å². The lowest BCUT2D eigenvalue weighted by atomic mass is 9.86. The first-order chi connectivity index (χ1) is 15.5. The summed E-state index contributed by atoms with van der Waals surface area (Å²) in [6, 6.07) is 7.15. The normalized spacial score (nSPS) is 23.0. The number of benzene rings is 1. The van der Waals surface area contributed by atoms with Crippen molar-refractivity contribution in [2.24, 2.45) is 7.05 Å². The highest BCUT2D eigenvalue weighted by Crippen LogP contribution is 2.45. The van der Waals surface area contributed by atoms with Gasteiger partial charge in [-0.3, -0.25) is 9.48 Å². The maximum absolute atomic E-state index is 13.6. The number of amides is 1. The number of fused-ring (bicyclic) bond motifs is 4. The van der Waals surface area contributed by atoms with Crippen LogP contribution in [0.1, 0.15) is 59.8 Å². The van der Waals surface area contributed by atoms with E-state index in [4.69, 9.17) is 0 Å². The largest absolute Gasteiger partial charge is 0.332 e. The lowest BCUT2D eigenvalue weighted by Crippen LogP contribution is -2.47. The Balaban J connectivity index is 1.39. The highest BCUT2D eigenvalue weighted by Gasteiger charge is 2.46. The molecule has 0 N–H and O–H groups in total. The van der Waals surface area contributed by atoms with Gasteiger partial charge in [-0.2, -0.15) is 15.2 Å². The van der Waals surface area contributed by atoms with E-state index in [1.54, 1.807) is 15.4 Å². The summed E-state index contributed by atoms with van der Waals surface area (Å²) in [6.45, 7) is 0. The molecule has 0 radical (unpaired) electrons. The number of piperidine rings is 1. The number of alkyl halides is 2. The molecule has 4 aromatic rings. The molecule has 0 unspecified atom stereocenters. The van der Waals surface area contributed by atoms with Crippen molar-refractivity contribution in [3.05, 3.63) is 53.7 Å². The number of halogens is 2. The van der Waals surface area contributed by atoms with Crippen molar-refractivity contribution in [1.29, 1.82) is 0 Å². The summed E-state index contributed by atoms with van der Waals surface area (Å²) in [5, 5.41) is 9.40. The van der Waals surface area contributed by atoms with Crippen molar-refractivity contribution >= 4 is 22.6 Å². The van der Waals surface area contributed by atoms with Gasteiger partial charge in [0, 0.05) is 36.0 Å². The smallest absolute Gasteiger partial charge is 0.280 e. The Morgan fingerprint density at radius 3 is 2.81 bits per heavy atom. The maximum Gasteiger partial charge on any atom is 0.280 e. The molecule has 10 heteroatoms. The molecule has 1 aromatic carbocycles. The molecule has 6 rings (SSSR count). The molecule has 3 atom stereocenters. The number of aryl methyl sites for hydroxylation is 1. The number of hydrogen-bond acceptors (Lipinski definition) is 5. The summed E-state index contributed by atoms with van der Waals surface area (Å²) in [7, 11) is 1.87. The molecule has 1 amide bonds. The van der Waals surface area contributed by atoms with Gasteiger partial charge in [0.25, 0.3) is 18.1 Å². The zero-order valence-corrected chi connectivity index (χ0v) is 17.4. The third kappa shape index (κ3) is 2.81. The minimum atomic E-state index is -2.70. The van der Waals surface area contributed by atoms with Gasteiger partial charge in [0.05, 0.1) is 17.4 Å². The van der Waals surface area contributed by atoms with E-state index in [0.29, 0.717) is 11.3 Å². The van der Waals surface area contributed by atoms with E-state index in [-0.39, 0.29) is 35.4 Å². The van der Waals surface area contributed by atoms with E-state index in [2.05, 4.69) is 20.2 Å². The third-order valence-corrected chi connectivity index (χ3v) is 6.95. The molecular weight excluding hydrogens is 416 g/mol. The van der Waals surface area contributed by atoms with E-state index in [0.717, 1.165) is 36.6 Å². The van der Waals surface area contributed by atoms with Gasteiger partial charge in [0.2, 0.25) is 0 Å². The second-order valence-electron chi connectivity index (χ2n) is 8.61. The van der Waals surface area contributed by atoms with Crippen molar-refractivity contribution in [3.8, 4) is 0 Å². The first-order valence-corrected chi connectivity index (χ1v) is 10.7. The predicted molar refractivity (Wildman–Crippen MR) is 111 cm³/mol. The van der Waals surface area contributed by atoms with Gasteiger partial charge in [-0.15, -0.1) is 0 Å². The topological polar surface area (TPSA) is 81.2 Å². The lowest BCUT2D eigenvalue weighted by molar-refractivity contribution is 0.0554. The van der Waals surface area contributed by atoms with Crippen molar-refractivity contribution in [1.82, 2.24) is 34.3 Å². The van der Waals surface area contributed by atoms with E-state index < -0.39 is 6.43 Å². The first kappa shape index (κ1) is 19.3. The van der Waals surface area contributed by atoms with E-state index in [9.17, 15) is 13.6 Å². The van der Waals surface area contributed by atoms with Crippen LogP contribution in [0.25, 0.3) is 16.7 Å². The summed E-state index contributed by atoms with van der Waals surface area (Å²) in [5.41, 5.74) is 1.93. The predicted octanol–water partition coefficient (Wildman–Crippen LogP) is 3.50. The van der Waals surface area contributed by atoms with Crippen molar-refractivity contribution < 1.29 is 13.6 Å². The molecule has 2 aliphatic heterocycles. The van der Waals surface area contributed by atoms with Crippen LogP contribution in [0.4, 0.5) is 8.78 Å². The van der Waals surface area contributed by atoms with Crippen LogP contribution in [0, 0.1) is 0 Å². The molecule has 2 saturated heterocycles. The fourth-order valence-electron chi connectivity index (χ4n) is 5.49. The average Bonchev–Trinajstić information content (AvgIpc) is 3.49. The second-order valence-corrected chi connectivity index (χ2v) is 8.61. The van der Waals surface area contributed by atoms with Crippen LogP contribution >= 0.6 is 0 Å². The van der Waals surface area contributed by atoms with Gasteiger partial charge >= 0.3 is 0 Å². The molecule has 0 aliphatic carbocycles. The summed E-state index contributed by atoms with van der Waals surface area (Å²) in [5.74, 6) is 0.0354. The van der Waals surface area contributed by atoms with Crippen molar-refractivity contribution in [2.45, 2.75) is 50.1 Å². The number of carbonyl (C=O) groups excluding carboxylic acids is 1. The highest BCUT2D eigenvalue weighted by molar-refractivity contribution is 5.98. The Kier molecular flexibility index (Phi) is 4.24. The van der Waals surface area contributed by atoms with Gasteiger partial charge in [-0.05, 0) is 49.9 Å². The van der Waals surface area contributed by atoms with Gasteiger partial charge < -0.3 is 4.90 Å². The van der Waals surface area contributed by atoms with E-state index in [1.165, 1.54) is 12.4 Å². The number of rotatable bonds is 3. The van der Waals surface area contributed by atoms with Crippen LogP contribution in [0.15, 0.2) is 36.8 Å². The fourth-order valence-corrected chi connectivity index (χ4v) is 5.49. The van der Waals surface area contributed by atoms with Crippen molar-refractivity contribution in [3.63, 3.8) is 0 Å². The Morgan fingerprint density at radius 2 is 1.97 bits per heavy atom. The van der Waals surface area contributed by atoms with Crippen LogP contribution < -0.4 is 0 Å². The van der Waals surface area contributed by atoms with Crippen LogP contribution in [0.2, 0.25) is 0 Å². The van der Waals surface area contributed by atoms with Crippen LogP contribution in [-0.4, -0.2) is 52.3 Å². The zero-order valence-electron chi connectivity index (χ0n) is 17.4. The summed E-state index contributed by atoms with van der Waals surface area (Å²) in [6.07, 6.45) is 3.76. The molecule has 2 fully saturated rings. The Bertz CT molecular complexity index is 1350. The van der Waals surface area contributed by atoms with Gasteiger partial charge in [0.15, 0.2) is 0 Å². The monoisotopic (exact) mass is 437 g/mol. The lowest BCUT2D eigenvalue weighted by Gasteiger charge is -2.40. The molecule has 2 bridgehead atoms. The number of hydrogen-bond donors (Lipinski definition) is 0. The second kappa shape index (κ2) is 7.04. The van der Waals surface area contributed by atoms with Gasteiger partial charge in [0.1, 0.15) is 12.0 Å². The minimum Gasteiger partial charge on any atom is -0.332 e.